The number of hydrogen-bond acceptors (Lipinski definition) is 3. The number of nitrogens with two attached hydrogens (primary N) is 1. The highest BCUT2D eigenvalue weighted by Gasteiger charge is 1.92. The second kappa shape index (κ2) is 6.92. The highest BCUT2D eigenvalue weighted by atomic mass is 32.2. The average Bonchev–Trinajstić information content (AvgIpc) is 2.19. The summed E-state index contributed by atoms with van der Waals surface area (Å²) in [6.07, 6.45) is 7.32. The minimum absolute atomic E-state index is 0.819. The average molecular weight is 196 g/mol. The topological polar surface area (TPSA) is 38.9 Å². The first kappa shape index (κ1) is 10.5. The van der Waals surface area contributed by atoms with Crippen molar-refractivity contribution in [1.82, 2.24) is 4.98 Å². The Bertz CT molecular complexity index is 213. The number of pyridine rings is 1. The minimum atomic E-state index is 0.819. The summed E-state index contributed by atoms with van der Waals surface area (Å²) in [7, 11) is 0. The number of rotatable bonds is 6. The summed E-state index contributed by atoms with van der Waals surface area (Å²) in [4.78, 5) is 5.28. The van der Waals surface area contributed by atoms with Crippen molar-refractivity contribution in [2.45, 2.75) is 24.2 Å². The van der Waals surface area contributed by atoms with Gasteiger partial charge in [0.05, 0.1) is 0 Å². The lowest BCUT2D eigenvalue weighted by molar-refractivity contribution is 0.732. The fraction of sp³-hybridized carbons (Fsp3) is 0.500. The zero-order valence-electron chi connectivity index (χ0n) is 7.78. The van der Waals surface area contributed by atoms with Crippen LogP contribution in [0.5, 0.6) is 0 Å². The molecule has 72 valence electrons. The van der Waals surface area contributed by atoms with E-state index in [0.29, 0.717) is 0 Å². The monoisotopic (exact) mass is 196 g/mol. The van der Waals surface area contributed by atoms with E-state index in [4.69, 9.17) is 5.73 Å². The Balaban J connectivity index is 2.07. The van der Waals surface area contributed by atoms with Gasteiger partial charge in [-0.1, -0.05) is 6.42 Å². The molecule has 0 radical (unpaired) electrons. The van der Waals surface area contributed by atoms with Crippen molar-refractivity contribution in [3.05, 3.63) is 24.5 Å². The van der Waals surface area contributed by atoms with Crippen LogP contribution >= 0.6 is 11.8 Å². The SMILES string of the molecule is NCCCCCSc1ccncc1. The predicted molar refractivity (Wildman–Crippen MR) is 57.9 cm³/mol. The fourth-order valence-corrected chi connectivity index (χ4v) is 1.95. The summed E-state index contributed by atoms with van der Waals surface area (Å²) < 4.78 is 0. The van der Waals surface area contributed by atoms with E-state index in [0.717, 1.165) is 13.0 Å². The highest BCUT2D eigenvalue weighted by molar-refractivity contribution is 7.99. The van der Waals surface area contributed by atoms with Crippen LogP contribution in [0.3, 0.4) is 0 Å². The molecule has 0 aliphatic rings. The Morgan fingerprint density at radius 3 is 2.62 bits per heavy atom. The number of hydrogen-bond donors (Lipinski definition) is 1. The molecular formula is C10H16N2S. The van der Waals surface area contributed by atoms with Gasteiger partial charge in [0.1, 0.15) is 0 Å². The maximum atomic E-state index is 5.41. The van der Waals surface area contributed by atoms with Crippen molar-refractivity contribution < 1.29 is 0 Å². The zero-order valence-corrected chi connectivity index (χ0v) is 8.59. The molecule has 0 aliphatic carbocycles. The smallest absolute Gasteiger partial charge is 0.0278 e. The van der Waals surface area contributed by atoms with Crippen molar-refractivity contribution >= 4 is 11.8 Å². The van der Waals surface area contributed by atoms with Gasteiger partial charge in [0.25, 0.3) is 0 Å². The zero-order chi connectivity index (χ0) is 9.36. The summed E-state index contributed by atoms with van der Waals surface area (Å²) in [5.74, 6) is 1.18. The third-order valence-corrected chi connectivity index (χ3v) is 2.87. The van der Waals surface area contributed by atoms with E-state index in [9.17, 15) is 0 Å². The first-order valence-electron chi connectivity index (χ1n) is 4.66. The van der Waals surface area contributed by atoms with Gasteiger partial charge in [0.2, 0.25) is 0 Å². The Morgan fingerprint density at radius 2 is 1.92 bits per heavy atom. The summed E-state index contributed by atoms with van der Waals surface area (Å²) in [5.41, 5.74) is 5.41. The molecular weight excluding hydrogens is 180 g/mol. The number of aromatic nitrogens is 1. The third kappa shape index (κ3) is 4.90. The number of unbranched alkanes of at least 4 members (excludes halogenated alkanes) is 2. The highest BCUT2D eigenvalue weighted by Crippen LogP contribution is 2.17. The van der Waals surface area contributed by atoms with Crippen molar-refractivity contribution in [3.8, 4) is 0 Å². The molecule has 1 aromatic heterocycles. The maximum Gasteiger partial charge on any atom is 0.0278 e. The molecule has 1 aromatic rings. The van der Waals surface area contributed by atoms with Crippen LogP contribution in [0.25, 0.3) is 0 Å². The summed E-state index contributed by atoms with van der Waals surface area (Å²) in [6, 6.07) is 4.10. The molecule has 0 amide bonds. The first-order chi connectivity index (χ1) is 6.43. The molecule has 0 saturated carbocycles. The van der Waals surface area contributed by atoms with E-state index in [2.05, 4.69) is 4.98 Å². The van der Waals surface area contributed by atoms with Crippen LogP contribution in [0.1, 0.15) is 19.3 Å². The van der Waals surface area contributed by atoms with Crippen molar-refractivity contribution in [2.75, 3.05) is 12.3 Å². The quantitative estimate of drug-likeness (QED) is 0.560. The second-order valence-electron chi connectivity index (χ2n) is 2.88. The molecule has 3 heteroatoms. The molecule has 0 unspecified atom stereocenters. The molecule has 0 aromatic carbocycles. The Kier molecular flexibility index (Phi) is 5.61. The van der Waals surface area contributed by atoms with E-state index >= 15 is 0 Å². The van der Waals surface area contributed by atoms with Crippen LogP contribution in [0, 0.1) is 0 Å². The van der Waals surface area contributed by atoms with Crippen LogP contribution in [0.4, 0.5) is 0 Å². The van der Waals surface area contributed by atoms with E-state index < -0.39 is 0 Å². The van der Waals surface area contributed by atoms with E-state index in [-0.39, 0.29) is 0 Å². The molecule has 0 bridgehead atoms. The number of nitrogens with zero attached hydrogens (tertiary/aromatic N) is 1. The van der Waals surface area contributed by atoms with Gasteiger partial charge in [-0.05, 0) is 37.3 Å². The lowest BCUT2D eigenvalue weighted by atomic mass is 10.2. The van der Waals surface area contributed by atoms with E-state index in [1.807, 2.05) is 36.3 Å². The van der Waals surface area contributed by atoms with Crippen molar-refractivity contribution in [3.63, 3.8) is 0 Å². The molecule has 0 atom stereocenters. The normalized spacial score (nSPS) is 10.2. The fourth-order valence-electron chi connectivity index (χ4n) is 1.05. The lowest BCUT2D eigenvalue weighted by Crippen LogP contribution is -1.97. The number of thioether (sulfide) groups is 1. The lowest BCUT2D eigenvalue weighted by Gasteiger charge is -2.00. The Labute approximate surface area is 83.9 Å². The molecule has 1 heterocycles. The summed E-state index contributed by atoms with van der Waals surface area (Å²) in [6.45, 7) is 0.819. The summed E-state index contributed by atoms with van der Waals surface area (Å²) in [5, 5.41) is 0. The van der Waals surface area contributed by atoms with Gasteiger partial charge in [-0.25, -0.2) is 0 Å². The predicted octanol–water partition coefficient (Wildman–Crippen LogP) is 2.30. The standard InChI is InChI=1S/C10H16N2S/c11-6-2-1-3-9-13-10-4-7-12-8-5-10/h4-5,7-8H,1-3,6,9,11H2. The molecule has 2 nitrogen and oxygen atoms in total. The molecule has 0 saturated heterocycles. The Morgan fingerprint density at radius 1 is 1.15 bits per heavy atom. The van der Waals surface area contributed by atoms with Gasteiger partial charge in [-0.3, -0.25) is 4.98 Å². The molecule has 0 fully saturated rings. The van der Waals surface area contributed by atoms with Gasteiger partial charge in [0.15, 0.2) is 0 Å². The summed E-state index contributed by atoms with van der Waals surface area (Å²) >= 11 is 1.89. The Hall–Kier alpha value is -0.540. The van der Waals surface area contributed by atoms with E-state index in [1.165, 1.54) is 23.5 Å². The van der Waals surface area contributed by atoms with Gasteiger partial charge in [0, 0.05) is 17.3 Å². The van der Waals surface area contributed by atoms with Crippen LogP contribution in [-0.2, 0) is 0 Å². The van der Waals surface area contributed by atoms with Gasteiger partial charge in [-0.15, -0.1) is 11.8 Å². The van der Waals surface area contributed by atoms with Gasteiger partial charge in [-0.2, -0.15) is 0 Å². The minimum Gasteiger partial charge on any atom is -0.330 e. The molecule has 13 heavy (non-hydrogen) atoms. The molecule has 0 spiro atoms. The molecule has 2 N–H and O–H groups in total. The molecule has 0 aliphatic heterocycles. The van der Waals surface area contributed by atoms with Gasteiger partial charge >= 0.3 is 0 Å². The van der Waals surface area contributed by atoms with Crippen molar-refractivity contribution in [1.29, 1.82) is 0 Å². The van der Waals surface area contributed by atoms with Crippen molar-refractivity contribution in [2.24, 2.45) is 5.73 Å². The molecule has 1 rings (SSSR count). The second-order valence-corrected chi connectivity index (χ2v) is 4.05. The van der Waals surface area contributed by atoms with Crippen LogP contribution in [-0.4, -0.2) is 17.3 Å². The maximum absolute atomic E-state index is 5.41. The largest absolute Gasteiger partial charge is 0.330 e. The van der Waals surface area contributed by atoms with Crippen LogP contribution < -0.4 is 5.73 Å². The van der Waals surface area contributed by atoms with Crippen LogP contribution in [0.15, 0.2) is 29.4 Å². The van der Waals surface area contributed by atoms with E-state index in [1.54, 1.807) is 0 Å². The van der Waals surface area contributed by atoms with Gasteiger partial charge < -0.3 is 5.73 Å². The third-order valence-electron chi connectivity index (χ3n) is 1.77. The van der Waals surface area contributed by atoms with Crippen LogP contribution in [0.2, 0.25) is 0 Å². The first-order valence-corrected chi connectivity index (χ1v) is 5.65.